The molecule has 0 radical (unpaired) electrons. The van der Waals surface area contributed by atoms with Crippen LogP contribution in [0.4, 0.5) is 0 Å². The number of halogens is 1. The highest BCUT2D eigenvalue weighted by atomic mass is 35.5. The van der Waals surface area contributed by atoms with Gasteiger partial charge in [0.1, 0.15) is 0 Å². The minimum absolute atomic E-state index is 0.00763. The topological polar surface area (TPSA) is 49.4 Å². The molecule has 0 unspecified atom stereocenters. The molecule has 5 heteroatoms. The Balaban J connectivity index is 1.80. The highest BCUT2D eigenvalue weighted by molar-refractivity contribution is 6.31. The molecule has 24 heavy (non-hydrogen) atoms. The minimum Gasteiger partial charge on any atom is -0.352 e. The zero-order valence-corrected chi connectivity index (χ0v) is 15.3. The molecule has 2 amide bonds. The maximum Gasteiger partial charge on any atom is 0.225 e. The first-order chi connectivity index (χ1) is 11.6. The van der Waals surface area contributed by atoms with E-state index in [0.717, 1.165) is 44.3 Å². The number of carbonyl (C=O) groups excluding carboxylic acids is 2. The van der Waals surface area contributed by atoms with Gasteiger partial charge >= 0.3 is 0 Å². The van der Waals surface area contributed by atoms with Crippen molar-refractivity contribution in [3.8, 4) is 0 Å². The Morgan fingerprint density at radius 3 is 2.25 bits per heavy atom. The lowest BCUT2D eigenvalue weighted by Gasteiger charge is -2.30. The van der Waals surface area contributed by atoms with Crippen LogP contribution < -0.4 is 5.32 Å². The summed E-state index contributed by atoms with van der Waals surface area (Å²) in [5.41, 5.74) is 0.929. The molecule has 0 aromatic heterocycles. The van der Waals surface area contributed by atoms with Crippen LogP contribution >= 0.6 is 11.6 Å². The first-order valence-corrected chi connectivity index (χ1v) is 9.24. The number of benzene rings is 1. The van der Waals surface area contributed by atoms with E-state index in [2.05, 4.69) is 5.32 Å². The van der Waals surface area contributed by atoms with Crippen LogP contribution in [0.2, 0.25) is 5.02 Å². The summed E-state index contributed by atoms with van der Waals surface area (Å²) in [5.74, 6) is 0.407. The summed E-state index contributed by atoms with van der Waals surface area (Å²) < 4.78 is 0. The van der Waals surface area contributed by atoms with Crippen LogP contribution in [-0.4, -0.2) is 29.8 Å². The van der Waals surface area contributed by atoms with Gasteiger partial charge in [0.15, 0.2) is 0 Å². The SMILES string of the molecule is CCN(CC)C(=O)C1CCC(C(=O)NCc2ccccc2Cl)CC1. The standard InChI is InChI=1S/C19H27ClN2O2/c1-3-22(4-2)19(24)15-11-9-14(10-12-15)18(23)21-13-16-7-5-6-8-17(16)20/h5-8,14-15H,3-4,9-13H2,1-2H3,(H,21,23). The number of hydrogen-bond acceptors (Lipinski definition) is 2. The van der Waals surface area contributed by atoms with Crippen molar-refractivity contribution >= 4 is 23.4 Å². The second-order valence-electron chi connectivity index (χ2n) is 6.37. The molecule has 1 aromatic carbocycles. The van der Waals surface area contributed by atoms with E-state index in [-0.39, 0.29) is 23.7 Å². The summed E-state index contributed by atoms with van der Waals surface area (Å²) >= 11 is 6.11. The number of nitrogens with zero attached hydrogens (tertiary/aromatic N) is 1. The van der Waals surface area contributed by atoms with Gasteiger partial charge in [0.25, 0.3) is 0 Å². The zero-order valence-electron chi connectivity index (χ0n) is 14.6. The van der Waals surface area contributed by atoms with Crippen molar-refractivity contribution < 1.29 is 9.59 Å². The first kappa shape index (κ1) is 18.8. The number of hydrogen-bond donors (Lipinski definition) is 1. The number of carbonyl (C=O) groups is 2. The number of rotatable bonds is 6. The molecule has 1 saturated carbocycles. The Kier molecular flexibility index (Phi) is 7.10. The predicted octanol–water partition coefficient (Wildman–Crippen LogP) is 3.63. The Bertz CT molecular complexity index is 564. The van der Waals surface area contributed by atoms with Gasteiger partial charge in [-0.3, -0.25) is 9.59 Å². The van der Waals surface area contributed by atoms with E-state index in [1.165, 1.54) is 0 Å². The van der Waals surface area contributed by atoms with Gasteiger partial charge in [-0.2, -0.15) is 0 Å². The lowest BCUT2D eigenvalue weighted by Crippen LogP contribution is -2.39. The third kappa shape index (κ3) is 4.73. The Hall–Kier alpha value is -1.55. The summed E-state index contributed by atoms with van der Waals surface area (Å²) in [6, 6.07) is 7.54. The largest absolute Gasteiger partial charge is 0.352 e. The summed E-state index contributed by atoms with van der Waals surface area (Å²) in [7, 11) is 0. The molecule has 1 fully saturated rings. The fourth-order valence-electron chi connectivity index (χ4n) is 3.36. The smallest absolute Gasteiger partial charge is 0.225 e. The van der Waals surface area contributed by atoms with Crippen molar-refractivity contribution in [2.24, 2.45) is 11.8 Å². The van der Waals surface area contributed by atoms with Crippen molar-refractivity contribution in [1.82, 2.24) is 10.2 Å². The normalized spacial score (nSPS) is 20.5. The summed E-state index contributed by atoms with van der Waals surface area (Å²) in [4.78, 5) is 26.6. The van der Waals surface area contributed by atoms with E-state index in [9.17, 15) is 9.59 Å². The van der Waals surface area contributed by atoms with Crippen LogP contribution in [0.3, 0.4) is 0 Å². The second kappa shape index (κ2) is 9.07. The second-order valence-corrected chi connectivity index (χ2v) is 6.78. The van der Waals surface area contributed by atoms with Crippen LogP contribution in [0.25, 0.3) is 0 Å². The lowest BCUT2D eigenvalue weighted by atomic mass is 9.81. The molecule has 2 rings (SSSR count). The number of nitrogens with one attached hydrogen (secondary N) is 1. The zero-order chi connectivity index (χ0) is 17.5. The van der Waals surface area contributed by atoms with Crippen molar-refractivity contribution in [3.63, 3.8) is 0 Å². The van der Waals surface area contributed by atoms with Crippen LogP contribution in [0.15, 0.2) is 24.3 Å². The molecule has 0 atom stereocenters. The van der Waals surface area contributed by atoms with E-state index < -0.39 is 0 Å². The van der Waals surface area contributed by atoms with Gasteiger partial charge in [-0.15, -0.1) is 0 Å². The summed E-state index contributed by atoms with van der Waals surface area (Å²) in [6.07, 6.45) is 3.18. The molecule has 1 aromatic rings. The molecule has 1 aliphatic carbocycles. The van der Waals surface area contributed by atoms with Crippen LogP contribution in [0, 0.1) is 11.8 Å². The van der Waals surface area contributed by atoms with Crippen molar-refractivity contribution in [3.05, 3.63) is 34.9 Å². The average Bonchev–Trinajstić information content (AvgIpc) is 2.62. The van der Waals surface area contributed by atoms with Gasteiger partial charge in [-0.1, -0.05) is 29.8 Å². The Morgan fingerprint density at radius 1 is 1.08 bits per heavy atom. The van der Waals surface area contributed by atoms with Crippen LogP contribution in [-0.2, 0) is 16.1 Å². The predicted molar refractivity (Wildman–Crippen MR) is 96.7 cm³/mol. The molecule has 0 saturated heterocycles. The first-order valence-electron chi connectivity index (χ1n) is 8.86. The Morgan fingerprint density at radius 2 is 1.67 bits per heavy atom. The fraction of sp³-hybridized carbons (Fsp3) is 0.579. The highest BCUT2D eigenvalue weighted by Gasteiger charge is 2.31. The Labute approximate surface area is 149 Å². The molecule has 0 spiro atoms. The molecule has 1 N–H and O–H groups in total. The molecule has 4 nitrogen and oxygen atoms in total. The van der Waals surface area contributed by atoms with E-state index in [1.807, 2.05) is 43.0 Å². The van der Waals surface area contributed by atoms with E-state index in [4.69, 9.17) is 11.6 Å². The number of amides is 2. The molecular weight excluding hydrogens is 324 g/mol. The molecular formula is C19H27ClN2O2. The fourth-order valence-corrected chi connectivity index (χ4v) is 3.57. The van der Waals surface area contributed by atoms with Crippen molar-refractivity contribution in [1.29, 1.82) is 0 Å². The maximum atomic E-state index is 12.4. The van der Waals surface area contributed by atoms with E-state index in [1.54, 1.807) is 0 Å². The third-order valence-electron chi connectivity index (χ3n) is 4.93. The van der Waals surface area contributed by atoms with Gasteiger partial charge in [0.2, 0.25) is 11.8 Å². The lowest BCUT2D eigenvalue weighted by molar-refractivity contribution is -0.138. The van der Waals surface area contributed by atoms with Gasteiger partial charge in [-0.05, 0) is 51.2 Å². The molecule has 1 aliphatic rings. The van der Waals surface area contributed by atoms with Crippen molar-refractivity contribution in [2.75, 3.05) is 13.1 Å². The minimum atomic E-state index is 0.00763. The van der Waals surface area contributed by atoms with Gasteiger partial charge in [0.05, 0.1) is 0 Å². The summed E-state index contributed by atoms with van der Waals surface area (Å²) in [5, 5.41) is 3.65. The quantitative estimate of drug-likeness (QED) is 0.851. The van der Waals surface area contributed by atoms with Crippen molar-refractivity contribution in [2.45, 2.75) is 46.1 Å². The van der Waals surface area contributed by atoms with E-state index in [0.29, 0.717) is 11.6 Å². The molecule has 0 heterocycles. The third-order valence-corrected chi connectivity index (χ3v) is 5.30. The van der Waals surface area contributed by atoms with Gasteiger partial charge in [-0.25, -0.2) is 0 Å². The average molecular weight is 351 g/mol. The summed E-state index contributed by atoms with van der Waals surface area (Å²) in [6.45, 7) is 5.99. The van der Waals surface area contributed by atoms with Crippen LogP contribution in [0.1, 0.15) is 45.1 Å². The van der Waals surface area contributed by atoms with Gasteiger partial charge in [0, 0.05) is 36.5 Å². The molecule has 0 bridgehead atoms. The van der Waals surface area contributed by atoms with E-state index >= 15 is 0 Å². The van der Waals surface area contributed by atoms with Gasteiger partial charge < -0.3 is 10.2 Å². The highest BCUT2D eigenvalue weighted by Crippen LogP contribution is 2.30. The molecule has 132 valence electrons. The van der Waals surface area contributed by atoms with Crippen LogP contribution in [0.5, 0.6) is 0 Å². The molecule has 0 aliphatic heterocycles. The maximum absolute atomic E-state index is 12.4. The monoisotopic (exact) mass is 350 g/mol.